The maximum absolute atomic E-state index is 12.0. The van der Waals surface area contributed by atoms with E-state index in [4.69, 9.17) is 10.2 Å². The third-order valence-electron chi connectivity index (χ3n) is 2.94. The largest absolute Gasteiger partial charge is 0.459 e. The summed E-state index contributed by atoms with van der Waals surface area (Å²) in [7, 11) is 0. The number of amides is 2. The molecule has 2 rings (SSSR count). The molecule has 1 aromatic heterocycles. The number of rotatable bonds is 4. The summed E-state index contributed by atoms with van der Waals surface area (Å²) in [6.07, 6.45) is 2.94. The Morgan fingerprint density at radius 1 is 1.33 bits per heavy atom. The topological polar surface area (TPSA) is 79.8 Å². The molecule has 97 valence electrons. The van der Waals surface area contributed by atoms with E-state index in [0.717, 1.165) is 13.1 Å². The van der Waals surface area contributed by atoms with E-state index in [-0.39, 0.29) is 5.91 Å². The first kappa shape index (κ1) is 12.6. The van der Waals surface area contributed by atoms with Crippen molar-refractivity contribution in [1.29, 1.82) is 0 Å². The van der Waals surface area contributed by atoms with Gasteiger partial charge in [-0.2, -0.15) is 0 Å². The summed E-state index contributed by atoms with van der Waals surface area (Å²) in [6, 6.07) is 3.36. The molecule has 0 unspecified atom stereocenters. The summed E-state index contributed by atoms with van der Waals surface area (Å²) >= 11 is 0. The second kappa shape index (κ2) is 5.68. The summed E-state index contributed by atoms with van der Waals surface area (Å²) in [4.78, 5) is 26.4. The normalized spacial score (nSPS) is 16.8. The lowest BCUT2D eigenvalue weighted by molar-refractivity contribution is -0.115. The van der Waals surface area contributed by atoms with E-state index in [1.807, 2.05) is 0 Å². The average Bonchev–Trinajstić information content (AvgIpc) is 2.90. The van der Waals surface area contributed by atoms with E-state index in [1.54, 1.807) is 17.0 Å². The van der Waals surface area contributed by atoms with E-state index >= 15 is 0 Å². The predicted molar refractivity (Wildman–Crippen MR) is 64.5 cm³/mol. The van der Waals surface area contributed by atoms with Crippen LogP contribution in [0.15, 0.2) is 22.8 Å². The average molecular weight is 250 g/mol. The van der Waals surface area contributed by atoms with E-state index in [0.29, 0.717) is 25.4 Å². The summed E-state index contributed by atoms with van der Waals surface area (Å²) in [6.45, 7) is 3.27. The van der Waals surface area contributed by atoms with Gasteiger partial charge in [-0.05, 0) is 12.1 Å². The fourth-order valence-electron chi connectivity index (χ4n) is 1.91. The number of primary amides is 1. The smallest absolute Gasteiger partial charge is 0.289 e. The van der Waals surface area contributed by atoms with Crippen molar-refractivity contribution < 1.29 is 14.0 Å². The van der Waals surface area contributed by atoms with Gasteiger partial charge in [0.1, 0.15) is 0 Å². The number of hydrogen-bond donors (Lipinski definition) is 1. The number of hydrogen-bond acceptors (Lipinski definition) is 4. The lowest BCUT2D eigenvalue weighted by atomic mass is 10.2. The van der Waals surface area contributed by atoms with Crippen molar-refractivity contribution in [1.82, 2.24) is 9.80 Å². The molecule has 0 bridgehead atoms. The van der Waals surface area contributed by atoms with Crippen LogP contribution in [0.25, 0.3) is 0 Å². The van der Waals surface area contributed by atoms with E-state index in [2.05, 4.69) is 4.90 Å². The van der Waals surface area contributed by atoms with Gasteiger partial charge in [0.15, 0.2) is 5.76 Å². The van der Waals surface area contributed by atoms with E-state index in [9.17, 15) is 9.59 Å². The zero-order valence-electron chi connectivity index (χ0n) is 10.0. The van der Waals surface area contributed by atoms with Gasteiger partial charge in [0.25, 0.3) is 5.91 Å². The Morgan fingerprint density at radius 2 is 2.06 bits per heavy atom. The fraction of sp³-hybridized carbons (Fsp3) is 0.417. The minimum atomic E-state index is -0.413. The first-order valence-corrected chi connectivity index (χ1v) is 5.84. The molecule has 2 N–H and O–H groups in total. The second-order valence-electron chi connectivity index (χ2n) is 4.18. The van der Waals surface area contributed by atoms with Gasteiger partial charge in [-0.3, -0.25) is 14.5 Å². The van der Waals surface area contributed by atoms with Crippen molar-refractivity contribution in [2.24, 2.45) is 5.73 Å². The van der Waals surface area contributed by atoms with Crippen LogP contribution in [0.1, 0.15) is 10.6 Å². The molecule has 0 saturated carbocycles. The summed E-state index contributed by atoms with van der Waals surface area (Å²) in [5.41, 5.74) is 5.05. The van der Waals surface area contributed by atoms with Crippen molar-refractivity contribution in [2.75, 3.05) is 32.7 Å². The molecule has 6 nitrogen and oxygen atoms in total. The quantitative estimate of drug-likeness (QED) is 0.797. The molecule has 0 aliphatic carbocycles. The summed E-state index contributed by atoms with van der Waals surface area (Å²) in [5, 5.41) is 0. The highest BCUT2D eigenvalue weighted by Gasteiger charge is 2.23. The number of piperazine rings is 1. The minimum Gasteiger partial charge on any atom is -0.459 e. The highest BCUT2D eigenvalue weighted by Crippen LogP contribution is 2.09. The Labute approximate surface area is 105 Å². The Balaban J connectivity index is 1.80. The fourth-order valence-corrected chi connectivity index (χ4v) is 1.91. The second-order valence-corrected chi connectivity index (χ2v) is 4.18. The molecule has 0 aromatic carbocycles. The highest BCUT2D eigenvalue weighted by molar-refractivity contribution is 5.91. The standard InChI is InChI=1S/C12H16N3O3/c13-11(16)3-4-14-5-7-15(8-6-14)12(17)10-2-1-9-18-10/h1-3,9H,4-8H2,(H2,13,16). The van der Waals surface area contributed by atoms with Crippen molar-refractivity contribution in [3.05, 3.63) is 30.6 Å². The molecule has 1 saturated heterocycles. The zero-order valence-corrected chi connectivity index (χ0v) is 10.0. The maximum Gasteiger partial charge on any atom is 0.289 e. The number of nitrogens with two attached hydrogens (primary N) is 1. The predicted octanol–water partition coefficient (Wildman–Crippen LogP) is -0.273. The van der Waals surface area contributed by atoms with Crippen LogP contribution < -0.4 is 5.73 Å². The van der Waals surface area contributed by atoms with Crippen LogP contribution in [-0.4, -0.2) is 54.3 Å². The van der Waals surface area contributed by atoms with E-state index in [1.165, 1.54) is 12.7 Å². The molecule has 0 atom stereocenters. The van der Waals surface area contributed by atoms with Crippen LogP contribution in [0.4, 0.5) is 0 Å². The van der Waals surface area contributed by atoms with Crippen molar-refractivity contribution in [3.8, 4) is 0 Å². The molecule has 1 aliphatic heterocycles. The van der Waals surface area contributed by atoms with Gasteiger partial charge in [0, 0.05) is 32.7 Å². The van der Waals surface area contributed by atoms with E-state index < -0.39 is 5.91 Å². The Kier molecular flexibility index (Phi) is 3.99. The molecule has 6 heteroatoms. The minimum absolute atomic E-state index is 0.0847. The van der Waals surface area contributed by atoms with Gasteiger partial charge in [0.2, 0.25) is 5.91 Å². The van der Waals surface area contributed by atoms with Crippen LogP contribution in [0.3, 0.4) is 0 Å². The molecule has 1 fully saturated rings. The number of carbonyl (C=O) groups is 2. The molecular weight excluding hydrogens is 234 g/mol. The van der Waals surface area contributed by atoms with Gasteiger partial charge in [-0.25, -0.2) is 0 Å². The molecule has 0 spiro atoms. The van der Waals surface area contributed by atoms with Crippen LogP contribution in [0.2, 0.25) is 0 Å². The van der Waals surface area contributed by atoms with Crippen molar-refractivity contribution in [2.45, 2.75) is 0 Å². The Morgan fingerprint density at radius 3 is 2.61 bits per heavy atom. The van der Waals surface area contributed by atoms with Crippen LogP contribution in [0, 0.1) is 6.42 Å². The molecule has 2 amide bonds. The number of nitrogens with zero attached hydrogens (tertiary/aromatic N) is 2. The first-order valence-electron chi connectivity index (χ1n) is 5.84. The zero-order chi connectivity index (χ0) is 13.0. The van der Waals surface area contributed by atoms with Crippen LogP contribution in [0.5, 0.6) is 0 Å². The maximum atomic E-state index is 12.0. The number of carbonyl (C=O) groups excluding carboxylic acids is 2. The SMILES string of the molecule is NC(=O)[CH]CN1CCN(C(=O)c2ccco2)CC1. The lowest BCUT2D eigenvalue weighted by Crippen LogP contribution is -2.49. The Hall–Kier alpha value is -1.82. The molecule has 1 aliphatic rings. The molecule has 1 aromatic rings. The van der Waals surface area contributed by atoms with Crippen molar-refractivity contribution >= 4 is 11.8 Å². The molecular formula is C12H16N3O3. The lowest BCUT2D eigenvalue weighted by Gasteiger charge is -2.33. The van der Waals surface area contributed by atoms with Gasteiger partial charge < -0.3 is 15.1 Å². The van der Waals surface area contributed by atoms with Crippen LogP contribution >= 0.6 is 0 Å². The van der Waals surface area contributed by atoms with Gasteiger partial charge in [-0.15, -0.1) is 0 Å². The summed E-state index contributed by atoms with van der Waals surface area (Å²) in [5.74, 6) is -0.130. The molecule has 18 heavy (non-hydrogen) atoms. The molecule has 1 radical (unpaired) electrons. The Bertz CT molecular complexity index is 408. The van der Waals surface area contributed by atoms with Gasteiger partial charge in [-0.1, -0.05) is 0 Å². The summed E-state index contributed by atoms with van der Waals surface area (Å²) < 4.78 is 5.08. The van der Waals surface area contributed by atoms with Crippen LogP contribution in [-0.2, 0) is 4.79 Å². The van der Waals surface area contributed by atoms with Gasteiger partial charge >= 0.3 is 0 Å². The monoisotopic (exact) mass is 250 g/mol. The highest BCUT2D eigenvalue weighted by atomic mass is 16.3. The van der Waals surface area contributed by atoms with Gasteiger partial charge in [0.05, 0.1) is 12.7 Å². The molecule has 2 heterocycles. The first-order chi connectivity index (χ1) is 8.66. The third kappa shape index (κ3) is 3.10. The van der Waals surface area contributed by atoms with Crippen molar-refractivity contribution in [3.63, 3.8) is 0 Å². The number of furan rings is 1. The third-order valence-corrected chi connectivity index (χ3v) is 2.94.